The van der Waals surface area contributed by atoms with Crippen LogP contribution in [0, 0.1) is 0 Å². The quantitative estimate of drug-likeness (QED) is 0.807. The Morgan fingerprint density at radius 1 is 1.33 bits per heavy atom. The fraction of sp³-hybridized carbons (Fsp3) is 0.273. The molecule has 2 rings (SSSR count). The van der Waals surface area contributed by atoms with E-state index in [1.54, 1.807) is 12.5 Å². The molecule has 0 fully saturated rings. The Kier molecular flexibility index (Phi) is 3.09. The van der Waals surface area contributed by atoms with E-state index in [-0.39, 0.29) is 0 Å². The van der Waals surface area contributed by atoms with E-state index in [0.717, 1.165) is 18.8 Å². The molecule has 0 radical (unpaired) electrons. The molecule has 2 aromatic rings. The summed E-state index contributed by atoms with van der Waals surface area (Å²) < 4.78 is 2.01. The second-order valence-electron chi connectivity index (χ2n) is 3.42. The molecule has 0 saturated heterocycles. The number of hydrogen-bond acceptors (Lipinski definition) is 3. The summed E-state index contributed by atoms with van der Waals surface area (Å²) in [4.78, 5) is 8.29. The van der Waals surface area contributed by atoms with Gasteiger partial charge >= 0.3 is 0 Å². The molecular weight excluding hydrogens is 188 g/mol. The first kappa shape index (κ1) is 9.86. The van der Waals surface area contributed by atoms with Crippen LogP contribution in [0.2, 0.25) is 0 Å². The molecule has 2 aromatic heterocycles. The van der Waals surface area contributed by atoms with Gasteiger partial charge in [-0.1, -0.05) is 6.07 Å². The van der Waals surface area contributed by atoms with E-state index >= 15 is 0 Å². The molecule has 0 spiro atoms. The molecule has 2 heterocycles. The number of aryl methyl sites for hydroxylation is 1. The van der Waals surface area contributed by atoms with Crippen molar-refractivity contribution in [2.45, 2.75) is 13.1 Å². The van der Waals surface area contributed by atoms with Crippen molar-refractivity contribution in [3.63, 3.8) is 0 Å². The third-order valence-electron chi connectivity index (χ3n) is 2.25. The molecule has 0 aliphatic heterocycles. The van der Waals surface area contributed by atoms with Crippen LogP contribution < -0.4 is 5.32 Å². The zero-order chi connectivity index (χ0) is 10.5. The van der Waals surface area contributed by atoms with Crippen molar-refractivity contribution in [3.8, 4) is 0 Å². The minimum atomic E-state index is 0.784. The lowest BCUT2D eigenvalue weighted by molar-refractivity contribution is 0.646. The van der Waals surface area contributed by atoms with Crippen LogP contribution in [0.3, 0.4) is 0 Å². The third-order valence-corrected chi connectivity index (χ3v) is 2.25. The summed E-state index contributed by atoms with van der Waals surface area (Å²) in [7, 11) is 1.99. The van der Waals surface area contributed by atoms with Gasteiger partial charge in [0.25, 0.3) is 0 Å². The van der Waals surface area contributed by atoms with E-state index in [4.69, 9.17) is 0 Å². The van der Waals surface area contributed by atoms with E-state index in [1.807, 2.05) is 36.0 Å². The third kappa shape index (κ3) is 2.63. The zero-order valence-electron chi connectivity index (χ0n) is 8.72. The summed E-state index contributed by atoms with van der Waals surface area (Å²) >= 11 is 0. The smallest absolute Gasteiger partial charge is 0.0945 e. The predicted molar refractivity (Wildman–Crippen MR) is 58.0 cm³/mol. The van der Waals surface area contributed by atoms with Gasteiger partial charge in [-0.25, -0.2) is 4.98 Å². The highest BCUT2D eigenvalue weighted by Crippen LogP contribution is 1.97. The number of imidazole rings is 1. The van der Waals surface area contributed by atoms with Gasteiger partial charge in [0.05, 0.1) is 17.7 Å². The predicted octanol–water partition coefficient (Wildman–Crippen LogP) is 1.10. The van der Waals surface area contributed by atoms with E-state index in [9.17, 15) is 0 Å². The summed E-state index contributed by atoms with van der Waals surface area (Å²) in [6.45, 7) is 1.60. The highest BCUT2D eigenvalue weighted by molar-refractivity contribution is 5.03. The lowest BCUT2D eigenvalue weighted by Gasteiger charge is -2.04. The van der Waals surface area contributed by atoms with Crippen LogP contribution in [0.25, 0.3) is 0 Å². The number of rotatable bonds is 4. The maximum atomic E-state index is 4.24. The molecule has 0 amide bonds. The van der Waals surface area contributed by atoms with Gasteiger partial charge in [0.2, 0.25) is 0 Å². The topological polar surface area (TPSA) is 42.7 Å². The Morgan fingerprint density at radius 2 is 2.27 bits per heavy atom. The van der Waals surface area contributed by atoms with Gasteiger partial charge in [-0.15, -0.1) is 0 Å². The molecule has 4 nitrogen and oxygen atoms in total. The number of aromatic nitrogens is 3. The molecule has 0 unspecified atom stereocenters. The van der Waals surface area contributed by atoms with E-state index in [1.165, 1.54) is 5.69 Å². The van der Waals surface area contributed by atoms with Crippen LogP contribution in [-0.4, -0.2) is 14.5 Å². The molecule has 0 aliphatic carbocycles. The van der Waals surface area contributed by atoms with Gasteiger partial charge in [-0.2, -0.15) is 0 Å². The van der Waals surface area contributed by atoms with Crippen molar-refractivity contribution in [1.82, 2.24) is 19.9 Å². The van der Waals surface area contributed by atoms with Gasteiger partial charge < -0.3 is 9.88 Å². The van der Waals surface area contributed by atoms with E-state index < -0.39 is 0 Å². The minimum absolute atomic E-state index is 0.784. The first-order valence-corrected chi connectivity index (χ1v) is 4.92. The Balaban J connectivity index is 1.83. The Morgan fingerprint density at radius 3 is 2.93 bits per heavy atom. The second kappa shape index (κ2) is 4.70. The van der Waals surface area contributed by atoms with E-state index in [0.29, 0.717) is 0 Å². The van der Waals surface area contributed by atoms with Gasteiger partial charge in [0.15, 0.2) is 0 Å². The first-order valence-electron chi connectivity index (χ1n) is 4.92. The van der Waals surface area contributed by atoms with Crippen LogP contribution in [0.1, 0.15) is 11.4 Å². The van der Waals surface area contributed by atoms with Crippen LogP contribution >= 0.6 is 0 Å². The van der Waals surface area contributed by atoms with Crippen molar-refractivity contribution >= 4 is 0 Å². The molecule has 0 saturated carbocycles. The standard InChI is InChI=1S/C11H14N4/c1-15-9-13-8-11(15)7-12-6-10-4-2-3-5-14-10/h2-5,8-9,12H,6-7H2,1H3. The van der Waals surface area contributed by atoms with Crippen molar-refractivity contribution in [2.75, 3.05) is 0 Å². The normalized spacial score (nSPS) is 10.5. The Labute approximate surface area is 89.0 Å². The van der Waals surface area contributed by atoms with Crippen molar-refractivity contribution < 1.29 is 0 Å². The summed E-state index contributed by atoms with van der Waals surface area (Å²) in [5, 5.41) is 3.32. The molecule has 0 aromatic carbocycles. The molecule has 15 heavy (non-hydrogen) atoms. The van der Waals surface area contributed by atoms with Crippen LogP contribution in [-0.2, 0) is 20.1 Å². The Hall–Kier alpha value is -1.68. The summed E-state index contributed by atoms with van der Waals surface area (Å²) in [5.41, 5.74) is 2.23. The average molecular weight is 202 g/mol. The molecule has 0 aliphatic rings. The summed E-state index contributed by atoms with van der Waals surface area (Å²) in [6, 6.07) is 5.93. The van der Waals surface area contributed by atoms with E-state index in [2.05, 4.69) is 15.3 Å². The van der Waals surface area contributed by atoms with Crippen LogP contribution in [0.15, 0.2) is 36.9 Å². The number of hydrogen-bond donors (Lipinski definition) is 1. The van der Waals surface area contributed by atoms with Crippen molar-refractivity contribution in [2.24, 2.45) is 7.05 Å². The zero-order valence-corrected chi connectivity index (χ0v) is 8.72. The number of pyridine rings is 1. The molecule has 0 atom stereocenters. The molecule has 78 valence electrons. The lowest BCUT2D eigenvalue weighted by atomic mass is 10.3. The number of nitrogens with one attached hydrogen (secondary N) is 1. The molecule has 0 bridgehead atoms. The molecule has 4 heteroatoms. The highest BCUT2D eigenvalue weighted by Gasteiger charge is 1.97. The van der Waals surface area contributed by atoms with Crippen LogP contribution in [0.4, 0.5) is 0 Å². The van der Waals surface area contributed by atoms with Crippen molar-refractivity contribution in [3.05, 3.63) is 48.3 Å². The maximum Gasteiger partial charge on any atom is 0.0945 e. The fourth-order valence-electron chi connectivity index (χ4n) is 1.38. The largest absolute Gasteiger partial charge is 0.337 e. The number of nitrogens with zero attached hydrogens (tertiary/aromatic N) is 3. The fourth-order valence-corrected chi connectivity index (χ4v) is 1.38. The molecule has 1 N–H and O–H groups in total. The van der Waals surface area contributed by atoms with Gasteiger partial charge in [-0.3, -0.25) is 4.98 Å². The van der Waals surface area contributed by atoms with Crippen LogP contribution in [0.5, 0.6) is 0 Å². The monoisotopic (exact) mass is 202 g/mol. The summed E-state index contributed by atoms with van der Waals surface area (Å²) in [5.74, 6) is 0. The van der Waals surface area contributed by atoms with Crippen molar-refractivity contribution in [1.29, 1.82) is 0 Å². The lowest BCUT2D eigenvalue weighted by Crippen LogP contribution is -2.15. The molecular formula is C11H14N4. The van der Waals surface area contributed by atoms with Gasteiger partial charge in [0.1, 0.15) is 0 Å². The SMILES string of the molecule is Cn1cncc1CNCc1ccccn1. The average Bonchev–Trinajstić information content (AvgIpc) is 2.66. The Bertz CT molecular complexity index is 408. The van der Waals surface area contributed by atoms with Gasteiger partial charge in [-0.05, 0) is 12.1 Å². The minimum Gasteiger partial charge on any atom is -0.337 e. The maximum absolute atomic E-state index is 4.24. The van der Waals surface area contributed by atoms with Gasteiger partial charge in [0, 0.05) is 32.5 Å². The summed E-state index contributed by atoms with van der Waals surface area (Å²) in [6.07, 6.45) is 5.48. The highest BCUT2D eigenvalue weighted by atomic mass is 15.0. The second-order valence-corrected chi connectivity index (χ2v) is 3.42. The first-order chi connectivity index (χ1) is 7.36.